The molecule has 2 aliphatic rings. The average molecular weight is 497 g/mol. The lowest BCUT2D eigenvalue weighted by molar-refractivity contribution is -0.137. The lowest BCUT2D eigenvalue weighted by Gasteiger charge is -2.42. The van der Waals surface area contributed by atoms with Crippen LogP contribution in [0.3, 0.4) is 0 Å². The second-order valence-electron chi connectivity index (χ2n) is 10.4. The van der Waals surface area contributed by atoms with E-state index in [1.807, 2.05) is 18.5 Å². The summed E-state index contributed by atoms with van der Waals surface area (Å²) in [6.45, 7) is 8.10. The number of nitrogens with one attached hydrogen (secondary N) is 1. The van der Waals surface area contributed by atoms with Gasteiger partial charge in [0.05, 0.1) is 24.0 Å². The van der Waals surface area contributed by atoms with Crippen LogP contribution in [0.5, 0.6) is 0 Å². The number of hydrogen-bond acceptors (Lipinski definition) is 6. The standard InChI is InChI=1S/C25H27F3N8/c1-24(2)9-18(24)13-34-7-8-35(15-20(34)16-10-31-32-11-16)22-5-6-29-23(33-22)19-12-30-21-4-3-17(14-36(19)21)25(26,27)28/h3-6,10-12,14,18,20H,7-9,13,15H2,1-2H3,(H,31,32)/t18-,20+/m0/s1. The van der Waals surface area contributed by atoms with Gasteiger partial charge in [0.25, 0.3) is 0 Å². The van der Waals surface area contributed by atoms with Crippen LogP contribution in [0.15, 0.2) is 49.2 Å². The number of pyridine rings is 1. The van der Waals surface area contributed by atoms with Crippen molar-refractivity contribution in [3.05, 3.63) is 60.3 Å². The third kappa shape index (κ3) is 4.21. The monoisotopic (exact) mass is 496 g/mol. The Bertz CT molecular complexity index is 1380. The third-order valence-electron chi connectivity index (χ3n) is 7.59. The second kappa shape index (κ2) is 8.29. The fourth-order valence-electron chi connectivity index (χ4n) is 5.14. The number of aromatic amines is 1. The highest BCUT2D eigenvalue weighted by atomic mass is 19.4. The number of hydrogen-bond donors (Lipinski definition) is 1. The molecule has 1 saturated heterocycles. The van der Waals surface area contributed by atoms with Gasteiger partial charge in [-0.15, -0.1) is 0 Å². The van der Waals surface area contributed by atoms with Crippen molar-refractivity contribution in [3.8, 4) is 11.5 Å². The van der Waals surface area contributed by atoms with Gasteiger partial charge in [-0.25, -0.2) is 15.0 Å². The summed E-state index contributed by atoms with van der Waals surface area (Å²) in [5.41, 5.74) is 1.61. The maximum atomic E-state index is 13.3. The molecule has 6 rings (SSSR count). The number of H-pyrrole nitrogens is 1. The van der Waals surface area contributed by atoms with Crippen LogP contribution in [0, 0.1) is 11.3 Å². The van der Waals surface area contributed by atoms with Crippen molar-refractivity contribution in [2.24, 2.45) is 11.3 Å². The number of halogens is 3. The molecule has 2 atom stereocenters. The minimum absolute atomic E-state index is 0.164. The molecule has 1 saturated carbocycles. The van der Waals surface area contributed by atoms with Crippen LogP contribution in [0.1, 0.15) is 37.4 Å². The molecular formula is C25H27F3N8. The molecule has 1 N–H and O–H groups in total. The van der Waals surface area contributed by atoms with Crippen molar-refractivity contribution in [3.63, 3.8) is 0 Å². The summed E-state index contributed by atoms with van der Waals surface area (Å²) < 4.78 is 41.3. The molecule has 11 heteroatoms. The highest BCUT2D eigenvalue weighted by Gasteiger charge is 2.47. The lowest BCUT2D eigenvalue weighted by Crippen LogP contribution is -2.49. The van der Waals surface area contributed by atoms with E-state index in [-0.39, 0.29) is 6.04 Å². The first kappa shape index (κ1) is 23.0. The molecule has 0 bridgehead atoms. The molecular weight excluding hydrogens is 469 g/mol. The van der Waals surface area contributed by atoms with Crippen LogP contribution in [0.4, 0.5) is 19.0 Å². The molecule has 5 heterocycles. The van der Waals surface area contributed by atoms with E-state index in [1.165, 1.54) is 23.1 Å². The van der Waals surface area contributed by atoms with Crippen molar-refractivity contribution in [2.45, 2.75) is 32.5 Å². The Balaban J connectivity index is 1.28. The highest BCUT2D eigenvalue weighted by Crippen LogP contribution is 2.52. The Morgan fingerprint density at radius 1 is 1.11 bits per heavy atom. The molecule has 0 spiro atoms. The van der Waals surface area contributed by atoms with Crippen LogP contribution in [0.25, 0.3) is 17.2 Å². The maximum Gasteiger partial charge on any atom is 0.417 e. The summed E-state index contributed by atoms with van der Waals surface area (Å²) in [6.07, 6.45) is 4.82. The molecule has 4 aromatic rings. The van der Waals surface area contributed by atoms with E-state index >= 15 is 0 Å². The van der Waals surface area contributed by atoms with Gasteiger partial charge >= 0.3 is 6.18 Å². The largest absolute Gasteiger partial charge is 0.417 e. The first-order chi connectivity index (χ1) is 17.2. The molecule has 4 aromatic heterocycles. The summed E-state index contributed by atoms with van der Waals surface area (Å²) in [4.78, 5) is 18.1. The van der Waals surface area contributed by atoms with Crippen LogP contribution in [-0.4, -0.2) is 60.6 Å². The van der Waals surface area contributed by atoms with E-state index in [0.717, 1.165) is 49.8 Å². The number of rotatable bonds is 5. The molecule has 1 aliphatic heterocycles. The van der Waals surface area contributed by atoms with Gasteiger partial charge in [0.2, 0.25) is 0 Å². The average Bonchev–Trinajstić information content (AvgIpc) is 3.26. The quantitative estimate of drug-likeness (QED) is 0.440. The minimum atomic E-state index is -4.45. The van der Waals surface area contributed by atoms with E-state index < -0.39 is 11.7 Å². The van der Waals surface area contributed by atoms with Crippen molar-refractivity contribution in [2.75, 3.05) is 31.1 Å². The van der Waals surface area contributed by atoms with Gasteiger partial charge in [-0.3, -0.25) is 14.4 Å². The Labute approximate surface area is 206 Å². The fraction of sp³-hybridized carbons (Fsp3) is 0.440. The number of piperazine rings is 1. The van der Waals surface area contributed by atoms with Gasteiger partial charge in [0.1, 0.15) is 17.2 Å². The van der Waals surface area contributed by atoms with Gasteiger partial charge in [-0.05, 0) is 36.0 Å². The molecule has 36 heavy (non-hydrogen) atoms. The smallest absolute Gasteiger partial charge is 0.353 e. The zero-order chi connectivity index (χ0) is 25.1. The zero-order valence-electron chi connectivity index (χ0n) is 20.1. The number of aromatic nitrogens is 6. The summed E-state index contributed by atoms with van der Waals surface area (Å²) in [5, 5.41) is 7.11. The van der Waals surface area contributed by atoms with Gasteiger partial charge in [-0.1, -0.05) is 13.8 Å². The van der Waals surface area contributed by atoms with Crippen molar-refractivity contribution in [1.29, 1.82) is 0 Å². The summed E-state index contributed by atoms with van der Waals surface area (Å²) >= 11 is 0. The molecule has 1 aliphatic carbocycles. The molecule has 2 fully saturated rings. The number of alkyl halides is 3. The van der Waals surface area contributed by atoms with E-state index in [1.54, 1.807) is 6.20 Å². The van der Waals surface area contributed by atoms with Crippen molar-refractivity contribution < 1.29 is 13.2 Å². The Morgan fingerprint density at radius 2 is 1.94 bits per heavy atom. The maximum absolute atomic E-state index is 13.3. The van der Waals surface area contributed by atoms with E-state index in [0.29, 0.717) is 28.5 Å². The lowest BCUT2D eigenvalue weighted by atomic mass is 10.0. The number of imidazole rings is 1. The number of fused-ring (bicyclic) bond motifs is 1. The molecule has 0 amide bonds. The van der Waals surface area contributed by atoms with Crippen LogP contribution < -0.4 is 4.90 Å². The van der Waals surface area contributed by atoms with Crippen molar-refractivity contribution >= 4 is 11.5 Å². The van der Waals surface area contributed by atoms with Crippen LogP contribution in [0.2, 0.25) is 0 Å². The first-order valence-corrected chi connectivity index (χ1v) is 12.0. The SMILES string of the molecule is CC1(C)C[C@H]1CN1CCN(c2ccnc(-c3cnc4ccc(C(F)(F)F)cn34)n2)C[C@@H]1c1cn[nH]c1. The molecule has 8 nitrogen and oxygen atoms in total. The van der Waals surface area contributed by atoms with E-state index in [2.05, 4.69) is 43.8 Å². The zero-order valence-corrected chi connectivity index (χ0v) is 20.1. The summed E-state index contributed by atoms with van der Waals surface area (Å²) in [7, 11) is 0. The van der Waals surface area contributed by atoms with Gasteiger partial charge in [0, 0.05) is 50.3 Å². The second-order valence-corrected chi connectivity index (χ2v) is 10.4. The molecule has 188 valence electrons. The van der Waals surface area contributed by atoms with E-state index in [9.17, 15) is 13.2 Å². The van der Waals surface area contributed by atoms with Gasteiger partial charge < -0.3 is 4.90 Å². The van der Waals surface area contributed by atoms with Crippen molar-refractivity contribution in [1.82, 2.24) is 34.4 Å². The number of nitrogens with zero attached hydrogens (tertiary/aromatic N) is 7. The highest BCUT2D eigenvalue weighted by molar-refractivity contribution is 5.59. The molecule has 0 unspecified atom stereocenters. The topological polar surface area (TPSA) is 78.2 Å². The summed E-state index contributed by atoms with van der Waals surface area (Å²) in [5.74, 6) is 1.77. The Hall–Kier alpha value is -3.47. The van der Waals surface area contributed by atoms with E-state index in [4.69, 9.17) is 4.98 Å². The Morgan fingerprint density at radius 3 is 2.67 bits per heavy atom. The predicted molar refractivity (Wildman–Crippen MR) is 128 cm³/mol. The van der Waals surface area contributed by atoms with Crippen LogP contribution in [-0.2, 0) is 6.18 Å². The number of anilines is 1. The van der Waals surface area contributed by atoms with Crippen LogP contribution >= 0.6 is 0 Å². The fourth-order valence-corrected chi connectivity index (χ4v) is 5.14. The summed E-state index contributed by atoms with van der Waals surface area (Å²) in [6, 6.07) is 4.39. The normalized spacial score (nSPS) is 22.3. The Kier molecular flexibility index (Phi) is 5.29. The third-order valence-corrected chi connectivity index (χ3v) is 7.59. The van der Waals surface area contributed by atoms with Gasteiger partial charge in [-0.2, -0.15) is 18.3 Å². The minimum Gasteiger partial charge on any atom is -0.353 e. The predicted octanol–water partition coefficient (Wildman–Crippen LogP) is 4.44. The molecule has 0 aromatic carbocycles. The molecule has 0 radical (unpaired) electrons. The first-order valence-electron chi connectivity index (χ1n) is 12.0. The van der Waals surface area contributed by atoms with Gasteiger partial charge in [0.15, 0.2) is 5.82 Å².